The van der Waals surface area contributed by atoms with Crippen molar-refractivity contribution in [2.75, 3.05) is 6.61 Å². The average Bonchev–Trinajstić information content (AvgIpc) is 2.73. The number of rotatable bonds is 5. The average molecular weight is 329 g/mol. The Kier molecular flexibility index (Phi) is 4.54. The van der Waals surface area contributed by atoms with Gasteiger partial charge in [0.2, 0.25) is 5.89 Å². The van der Waals surface area contributed by atoms with E-state index in [4.69, 9.17) is 21.4 Å². The van der Waals surface area contributed by atoms with E-state index in [2.05, 4.69) is 26.1 Å². The summed E-state index contributed by atoms with van der Waals surface area (Å²) in [6.07, 6.45) is 1.53. The van der Waals surface area contributed by atoms with Crippen LogP contribution in [0.5, 0.6) is 5.75 Å². The number of benzene rings is 1. The van der Waals surface area contributed by atoms with Crippen LogP contribution in [-0.4, -0.2) is 16.8 Å². The van der Waals surface area contributed by atoms with Crippen LogP contribution in [0.25, 0.3) is 0 Å². The van der Waals surface area contributed by atoms with Gasteiger partial charge in [-0.15, -0.1) is 5.10 Å². The van der Waals surface area contributed by atoms with Crippen molar-refractivity contribution in [3.63, 3.8) is 0 Å². The number of hydrogen-bond donors (Lipinski definition) is 1. The maximum atomic E-state index is 5.67. The molecular formula is C12H13BrN2O2S. The minimum Gasteiger partial charge on any atom is -0.492 e. The van der Waals surface area contributed by atoms with Gasteiger partial charge in [-0.2, -0.15) is 0 Å². The molecule has 4 nitrogen and oxygen atoms in total. The summed E-state index contributed by atoms with van der Waals surface area (Å²) in [5.74, 6) is 1.47. The van der Waals surface area contributed by atoms with Gasteiger partial charge in [-0.3, -0.25) is 0 Å². The van der Waals surface area contributed by atoms with Crippen LogP contribution in [0.3, 0.4) is 0 Å². The van der Waals surface area contributed by atoms with Crippen molar-refractivity contribution in [3.8, 4) is 5.75 Å². The number of aromatic amines is 1. The maximum Gasteiger partial charge on any atom is 0.284 e. The molecule has 0 amide bonds. The van der Waals surface area contributed by atoms with Gasteiger partial charge < -0.3 is 9.15 Å². The Morgan fingerprint density at radius 3 is 3.00 bits per heavy atom. The minimum absolute atomic E-state index is 0.312. The van der Waals surface area contributed by atoms with Gasteiger partial charge in [0.05, 0.1) is 11.1 Å². The molecule has 0 aliphatic carbocycles. The second-order valence-electron chi connectivity index (χ2n) is 3.89. The zero-order chi connectivity index (χ0) is 13.0. The molecule has 0 aliphatic heterocycles. The zero-order valence-corrected chi connectivity index (χ0v) is 12.3. The summed E-state index contributed by atoms with van der Waals surface area (Å²) in [6.45, 7) is 2.65. The summed E-state index contributed by atoms with van der Waals surface area (Å²) in [4.78, 5) is 0.312. The van der Waals surface area contributed by atoms with Crippen molar-refractivity contribution in [2.45, 2.75) is 19.8 Å². The van der Waals surface area contributed by atoms with Crippen LogP contribution < -0.4 is 4.74 Å². The lowest BCUT2D eigenvalue weighted by molar-refractivity contribution is 0.303. The fraction of sp³-hybridized carbons (Fsp3) is 0.333. The van der Waals surface area contributed by atoms with Gasteiger partial charge in [-0.25, -0.2) is 5.10 Å². The molecule has 0 aliphatic rings. The molecule has 0 bridgehead atoms. The molecule has 1 aromatic heterocycles. The van der Waals surface area contributed by atoms with Crippen LogP contribution in [0.1, 0.15) is 17.9 Å². The van der Waals surface area contributed by atoms with Crippen LogP contribution in [0.4, 0.5) is 0 Å². The van der Waals surface area contributed by atoms with E-state index in [0.29, 0.717) is 23.8 Å². The molecule has 0 unspecified atom stereocenters. The first kappa shape index (κ1) is 13.3. The van der Waals surface area contributed by atoms with Gasteiger partial charge in [0.25, 0.3) is 4.84 Å². The highest BCUT2D eigenvalue weighted by Gasteiger charge is 2.03. The van der Waals surface area contributed by atoms with Gasteiger partial charge in [0.1, 0.15) is 5.75 Å². The van der Waals surface area contributed by atoms with Crippen LogP contribution in [0.15, 0.2) is 27.1 Å². The van der Waals surface area contributed by atoms with E-state index in [1.54, 1.807) is 0 Å². The Morgan fingerprint density at radius 1 is 1.50 bits per heavy atom. The molecule has 0 atom stereocenters. The number of aryl methyl sites for hydroxylation is 2. The summed E-state index contributed by atoms with van der Waals surface area (Å²) in [6, 6.07) is 6.01. The van der Waals surface area contributed by atoms with Crippen LogP contribution in [-0.2, 0) is 6.42 Å². The number of hydrogen-bond acceptors (Lipinski definition) is 4. The fourth-order valence-electron chi connectivity index (χ4n) is 1.50. The smallest absolute Gasteiger partial charge is 0.284 e. The molecule has 1 aromatic carbocycles. The molecule has 6 heteroatoms. The molecule has 2 rings (SSSR count). The lowest BCUT2D eigenvalue weighted by Gasteiger charge is -2.07. The van der Waals surface area contributed by atoms with E-state index in [9.17, 15) is 0 Å². The highest BCUT2D eigenvalue weighted by atomic mass is 79.9. The lowest BCUT2D eigenvalue weighted by atomic mass is 10.2. The summed E-state index contributed by atoms with van der Waals surface area (Å²) in [5.41, 5.74) is 1.20. The van der Waals surface area contributed by atoms with E-state index in [-0.39, 0.29) is 0 Å². The fourth-order valence-corrected chi connectivity index (χ4v) is 2.25. The topological polar surface area (TPSA) is 51.0 Å². The summed E-state index contributed by atoms with van der Waals surface area (Å²) >= 11 is 8.27. The van der Waals surface area contributed by atoms with Crippen molar-refractivity contribution < 1.29 is 9.15 Å². The van der Waals surface area contributed by atoms with Gasteiger partial charge in [-0.05, 0) is 59.2 Å². The van der Waals surface area contributed by atoms with E-state index in [1.807, 2.05) is 25.1 Å². The predicted octanol–water partition coefficient (Wildman–Crippen LogP) is 3.81. The number of halogens is 1. The third-order valence-corrected chi connectivity index (χ3v) is 3.16. The Bertz CT molecular complexity index is 579. The van der Waals surface area contributed by atoms with Crippen molar-refractivity contribution >= 4 is 28.1 Å². The van der Waals surface area contributed by atoms with E-state index in [1.165, 1.54) is 5.56 Å². The first-order chi connectivity index (χ1) is 8.65. The first-order valence-corrected chi connectivity index (χ1v) is 6.78. The molecule has 18 heavy (non-hydrogen) atoms. The van der Waals surface area contributed by atoms with Crippen LogP contribution >= 0.6 is 28.1 Å². The van der Waals surface area contributed by atoms with E-state index in [0.717, 1.165) is 16.6 Å². The molecule has 0 fully saturated rings. The first-order valence-electron chi connectivity index (χ1n) is 5.58. The lowest BCUT2D eigenvalue weighted by Crippen LogP contribution is -2.00. The van der Waals surface area contributed by atoms with Crippen LogP contribution in [0, 0.1) is 11.8 Å². The Labute approximate surface area is 118 Å². The number of nitrogens with one attached hydrogen (secondary N) is 1. The molecule has 1 N–H and O–H groups in total. The number of nitrogens with zero attached hydrogens (tertiary/aromatic N) is 1. The molecule has 0 radical (unpaired) electrons. The van der Waals surface area contributed by atoms with Gasteiger partial charge in [0.15, 0.2) is 0 Å². The SMILES string of the molecule is Cc1ccc(OCCCc2n[nH]c(=S)o2)c(Br)c1. The monoisotopic (exact) mass is 328 g/mol. The van der Waals surface area contributed by atoms with Crippen molar-refractivity contribution in [2.24, 2.45) is 0 Å². The number of aromatic nitrogens is 2. The molecule has 1 heterocycles. The second-order valence-corrected chi connectivity index (χ2v) is 5.12. The Hall–Kier alpha value is -1.14. The largest absolute Gasteiger partial charge is 0.492 e. The van der Waals surface area contributed by atoms with Crippen molar-refractivity contribution in [3.05, 3.63) is 39.0 Å². The highest BCUT2D eigenvalue weighted by molar-refractivity contribution is 9.10. The molecular weight excluding hydrogens is 316 g/mol. The zero-order valence-electron chi connectivity index (χ0n) is 9.90. The standard InChI is InChI=1S/C12H13BrN2O2S/c1-8-4-5-10(9(13)7-8)16-6-2-3-11-14-15-12(18)17-11/h4-5,7H,2-3,6H2,1H3,(H,15,18). The second kappa shape index (κ2) is 6.15. The van der Waals surface area contributed by atoms with Gasteiger partial charge in [0, 0.05) is 6.42 Å². The van der Waals surface area contributed by atoms with Gasteiger partial charge in [-0.1, -0.05) is 6.07 Å². The normalized spacial score (nSPS) is 10.6. The Morgan fingerprint density at radius 2 is 2.33 bits per heavy atom. The molecule has 0 spiro atoms. The van der Waals surface area contributed by atoms with E-state index >= 15 is 0 Å². The highest BCUT2D eigenvalue weighted by Crippen LogP contribution is 2.25. The molecule has 0 saturated carbocycles. The van der Waals surface area contributed by atoms with Crippen LogP contribution in [0.2, 0.25) is 0 Å². The maximum absolute atomic E-state index is 5.67. The summed E-state index contributed by atoms with van der Waals surface area (Å²) in [7, 11) is 0. The van der Waals surface area contributed by atoms with Crippen molar-refractivity contribution in [1.82, 2.24) is 10.2 Å². The summed E-state index contributed by atoms with van der Waals surface area (Å²) < 4.78 is 11.8. The summed E-state index contributed by atoms with van der Waals surface area (Å²) in [5, 5.41) is 6.52. The quantitative estimate of drug-likeness (QED) is 0.669. The Balaban J connectivity index is 1.80. The minimum atomic E-state index is 0.312. The third-order valence-electron chi connectivity index (χ3n) is 2.36. The van der Waals surface area contributed by atoms with Gasteiger partial charge >= 0.3 is 0 Å². The predicted molar refractivity (Wildman–Crippen MR) is 74.4 cm³/mol. The third kappa shape index (κ3) is 3.68. The molecule has 2 aromatic rings. The molecule has 0 saturated heterocycles. The van der Waals surface area contributed by atoms with E-state index < -0.39 is 0 Å². The number of H-pyrrole nitrogens is 1. The number of ether oxygens (including phenoxy) is 1. The van der Waals surface area contributed by atoms with Crippen molar-refractivity contribution in [1.29, 1.82) is 0 Å². The molecule has 96 valence electrons.